The van der Waals surface area contributed by atoms with E-state index in [1.807, 2.05) is 6.07 Å². The van der Waals surface area contributed by atoms with Crippen LogP contribution in [0.25, 0.3) is 0 Å². The summed E-state index contributed by atoms with van der Waals surface area (Å²) in [5.41, 5.74) is 6.52. The highest BCUT2D eigenvalue weighted by molar-refractivity contribution is 9.10. The summed E-state index contributed by atoms with van der Waals surface area (Å²) in [5, 5.41) is 18.1. The Labute approximate surface area is 96.4 Å². The molecule has 0 fully saturated rings. The molecular formula is C10H11BrN2O2. The van der Waals surface area contributed by atoms with Gasteiger partial charge in [0, 0.05) is 6.04 Å². The number of nitrogens with two attached hydrogens (primary N) is 1. The number of hydrogen-bond donors (Lipinski definition) is 2. The van der Waals surface area contributed by atoms with E-state index in [4.69, 9.17) is 15.7 Å². The Morgan fingerprint density at radius 3 is 2.87 bits per heavy atom. The zero-order chi connectivity index (χ0) is 11.4. The van der Waals surface area contributed by atoms with Gasteiger partial charge in [-0.15, -0.1) is 0 Å². The van der Waals surface area contributed by atoms with Crippen molar-refractivity contribution in [2.75, 3.05) is 7.11 Å². The topological polar surface area (TPSA) is 79.3 Å². The van der Waals surface area contributed by atoms with Crippen molar-refractivity contribution in [2.45, 2.75) is 12.5 Å². The van der Waals surface area contributed by atoms with E-state index in [2.05, 4.69) is 15.9 Å². The van der Waals surface area contributed by atoms with Crippen LogP contribution < -0.4 is 10.5 Å². The molecule has 0 aliphatic carbocycles. The summed E-state index contributed by atoms with van der Waals surface area (Å²) in [7, 11) is 1.46. The zero-order valence-corrected chi connectivity index (χ0v) is 9.78. The molecule has 4 nitrogen and oxygen atoms in total. The number of nitriles is 1. The van der Waals surface area contributed by atoms with Crippen LogP contribution in [-0.2, 0) is 0 Å². The van der Waals surface area contributed by atoms with Crippen LogP contribution in [0.1, 0.15) is 18.0 Å². The summed E-state index contributed by atoms with van der Waals surface area (Å²) in [6, 6.07) is 4.93. The molecule has 1 aromatic carbocycles. The van der Waals surface area contributed by atoms with Crippen LogP contribution >= 0.6 is 15.9 Å². The van der Waals surface area contributed by atoms with Gasteiger partial charge in [0.15, 0.2) is 11.5 Å². The normalized spacial score (nSPS) is 11.9. The van der Waals surface area contributed by atoms with Crippen molar-refractivity contribution >= 4 is 15.9 Å². The summed E-state index contributed by atoms with van der Waals surface area (Å²) in [6.45, 7) is 0. The molecule has 0 spiro atoms. The van der Waals surface area contributed by atoms with Crippen molar-refractivity contribution in [2.24, 2.45) is 5.73 Å². The third-order valence-corrected chi connectivity index (χ3v) is 2.61. The van der Waals surface area contributed by atoms with Gasteiger partial charge >= 0.3 is 0 Å². The van der Waals surface area contributed by atoms with Crippen LogP contribution in [0.5, 0.6) is 11.5 Å². The first-order valence-corrected chi connectivity index (χ1v) is 5.08. The van der Waals surface area contributed by atoms with Crippen molar-refractivity contribution in [1.82, 2.24) is 0 Å². The van der Waals surface area contributed by atoms with Crippen molar-refractivity contribution < 1.29 is 9.84 Å². The Kier molecular flexibility index (Phi) is 3.95. The maximum Gasteiger partial charge on any atom is 0.172 e. The molecule has 0 aromatic heterocycles. The average Bonchev–Trinajstić information content (AvgIpc) is 2.22. The van der Waals surface area contributed by atoms with Crippen LogP contribution in [0.2, 0.25) is 0 Å². The standard InChI is InChI=1S/C10H11BrN2O2/c1-15-9-5-6(8(13)2-3-12)4-7(11)10(9)14/h4-5,8,14H,2,13H2,1H3/t8-/m0/s1. The Morgan fingerprint density at radius 1 is 1.67 bits per heavy atom. The Morgan fingerprint density at radius 2 is 2.33 bits per heavy atom. The van der Waals surface area contributed by atoms with Crippen molar-refractivity contribution in [3.63, 3.8) is 0 Å². The van der Waals surface area contributed by atoms with Gasteiger partial charge in [0.1, 0.15) is 0 Å². The van der Waals surface area contributed by atoms with Gasteiger partial charge in [-0.2, -0.15) is 5.26 Å². The van der Waals surface area contributed by atoms with Gasteiger partial charge in [0.25, 0.3) is 0 Å². The lowest BCUT2D eigenvalue weighted by molar-refractivity contribution is 0.371. The number of phenolic OH excluding ortho intramolecular Hbond substituents is 1. The SMILES string of the molecule is COc1cc([C@@H](N)CC#N)cc(Br)c1O. The first kappa shape index (κ1) is 11.8. The maximum atomic E-state index is 9.56. The smallest absolute Gasteiger partial charge is 0.172 e. The number of aromatic hydroxyl groups is 1. The largest absolute Gasteiger partial charge is 0.503 e. The fourth-order valence-electron chi connectivity index (χ4n) is 1.18. The molecular weight excluding hydrogens is 260 g/mol. The minimum atomic E-state index is -0.374. The van der Waals surface area contributed by atoms with Crippen LogP contribution in [0.15, 0.2) is 16.6 Å². The average molecular weight is 271 g/mol. The van der Waals surface area contributed by atoms with Crippen LogP contribution in [0.3, 0.4) is 0 Å². The highest BCUT2D eigenvalue weighted by atomic mass is 79.9. The van der Waals surface area contributed by atoms with Gasteiger partial charge in [-0.25, -0.2) is 0 Å². The highest BCUT2D eigenvalue weighted by Crippen LogP contribution is 2.36. The Bertz CT molecular complexity index is 401. The Hall–Kier alpha value is -1.25. The number of methoxy groups -OCH3 is 1. The van der Waals surface area contributed by atoms with Crippen molar-refractivity contribution in [3.05, 3.63) is 22.2 Å². The molecule has 0 heterocycles. The highest BCUT2D eigenvalue weighted by Gasteiger charge is 2.12. The monoisotopic (exact) mass is 270 g/mol. The summed E-state index contributed by atoms with van der Waals surface area (Å²) >= 11 is 3.19. The second-order valence-electron chi connectivity index (χ2n) is 3.02. The van der Waals surface area contributed by atoms with E-state index in [0.717, 1.165) is 5.56 Å². The van der Waals surface area contributed by atoms with E-state index >= 15 is 0 Å². The van der Waals surface area contributed by atoms with E-state index in [1.54, 1.807) is 12.1 Å². The second kappa shape index (κ2) is 5.01. The molecule has 5 heteroatoms. The van der Waals surface area contributed by atoms with Gasteiger partial charge < -0.3 is 15.6 Å². The summed E-state index contributed by atoms with van der Waals surface area (Å²) in [5.74, 6) is 0.373. The minimum absolute atomic E-state index is 0.0328. The van der Waals surface area contributed by atoms with E-state index in [9.17, 15) is 5.11 Å². The summed E-state index contributed by atoms with van der Waals surface area (Å²) in [6.07, 6.45) is 0.223. The second-order valence-corrected chi connectivity index (χ2v) is 3.88. The quantitative estimate of drug-likeness (QED) is 0.882. The molecule has 3 N–H and O–H groups in total. The van der Waals surface area contributed by atoms with Crippen molar-refractivity contribution in [1.29, 1.82) is 5.26 Å². The predicted molar refractivity (Wildman–Crippen MR) is 59.5 cm³/mol. The van der Waals surface area contributed by atoms with Gasteiger partial charge in [-0.1, -0.05) is 0 Å². The van der Waals surface area contributed by atoms with Crippen molar-refractivity contribution in [3.8, 4) is 17.6 Å². The molecule has 0 amide bonds. The summed E-state index contributed by atoms with van der Waals surface area (Å²) < 4.78 is 5.48. The molecule has 1 rings (SSSR count). The molecule has 0 unspecified atom stereocenters. The van der Waals surface area contributed by atoms with Crippen LogP contribution in [-0.4, -0.2) is 12.2 Å². The molecule has 0 radical (unpaired) electrons. The fraction of sp³-hybridized carbons (Fsp3) is 0.300. The lowest BCUT2D eigenvalue weighted by atomic mass is 10.0. The molecule has 0 aliphatic rings. The summed E-state index contributed by atoms with van der Waals surface area (Å²) in [4.78, 5) is 0. The number of hydrogen-bond acceptors (Lipinski definition) is 4. The number of phenols is 1. The lowest BCUT2D eigenvalue weighted by Gasteiger charge is -2.12. The number of benzene rings is 1. The van der Waals surface area contributed by atoms with Gasteiger partial charge in [-0.05, 0) is 33.6 Å². The van der Waals surface area contributed by atoms with E-state index < -0.39 is 0 Å². The molecule has 0 saturated carbocycles. The van der Waals surface area contributed by atoms with Crippen LogP contribution in [0, 0.1) is 11.3 Å². The van der Waals surface area contributed by atoms with E-state index in [1.165, 1.54) is 7.11 Å². The fourth-order valence-corrected chi connectivity index (χ4v) is 1.64. The van der Waals surface area contributed by atoms with E-state index in [0.29, 0.717) is 10.2 Å². The first-order valence-electron chi connectivity index (χ1n) is 4.29. The third kappa shape index (κ3) is 2.61. The zero-order valence-electron chi connectivity index (χ0n) is 8.20. The predicted octanol–water partition coefficient (Wildman–Crippen LogP) is 2.08. The number of nitrogens with zero attached hydrogens (tertiary/aromatic N) is 1. The first-order chi connectivity index (χ1) is 7.10. The Balaban J connectivity index is 3.11. The molecule has 15 heavy (non-hydrogen) atoms. The molecule has 0 saturated heterocycles. The number of halogens is 1. The van der Waals surface area contributed by atoms with Gasteiger partial charge in [0.2, 0.25) is 0 Å². The van der Waals surface area contributed by atoms with Crippen LogP contribution in [0.4, 0.5) is 0 Å². The molecule has 0 aliphatic heterocycles. The van der Waals surface area contributed by atoms with Gasteiger partial charge in [0.05, 0.1) is 24.1 Å². The maximum absolute atomic E-state index is 9.56. The molecule has 1 atom stereocenters. The third-order valence-electron chi connectivity index (χ3n) is 2.01. The number of rotatable bonds is 3. The number of ether oxygens (including phenoxy) is 1. The van der Waals surface area contributed by atoms with Gasteiger partial charge in [-0.3, -0.25) is 0 Å². The molecule has 1 aromatic rings. The minimum Gasteiger partial charge on any atom is -0.503 e. The molecule has 0 bridgehead atoms. The van der Waals surface area contributed by atoms with E-state index in [-0.39, 0.29) is 18.2 Å². The lowest BCUT2D eigenvalue weighted by Crippen LogP contribution is -2.09. The molecule has 80 valence electrons.